The second-order valence-corrected chi connectivity index (χ2v) is 12.0. The van der Waals surface area contributed by atoms with Gasteiger partial charge in [0, 0.05) is 44.1 Å². The summed E-state index contributed by atoms with van der Waals surface area (Å²) in [6.07, 6.45) is 0.587. The minimum Gasteiger partial charge on any atom is -0.495 e. The fourth-order valence-corrected chi connectivity index (χ4v) is 6.42. The number of anilines is 3. The minimum atomic E-state index is -0.822. The van der Waals surface area contributed by atoms with Crippen LogP contribution in [0.25, 0.3) is 0 Å². The predicted octanol–water partition coefficient (Wildman–Crippen LogP) is 5.21. The topological polar surface area (TPSA) is 94.7 Å². The predicted molar refractivity (Wildman–Crippen MR) is 184 cm³/mol. The highest BCUT2D eigenvalue weighted by molar-refractivity contribution is 7.80. The van der Waals surface area contributed by atoms with Gasteiger partial charge < -0.3 is 24.6 Å². The molecule has 1 atom stereocenters. The van der Waals surface area contributed by atoms with Crippen molar-refractivity contribution in [3.05, 3.63) is 83.1 Å². The Morgan fingerprint density at radius 2 is 1.66 bits per heavy atom. The monoisotopic (exact) mass is 681 g/mol. The van der Waals surface area contributed by atoms with Crippen LogP contribution in [0.1, 0.15) is 30.1 Å². The Bertz CT molecular complexity index is 1600. The smallest absolute Gasteiger partial charge is 0.338 e. The molecule has 0 aliphatic carbocycles. The summed E-state index contributed by atoms with van der Waals surface area (Å²) in [5.74, 6) is -0.919. The number of esters is 1. The van der Waals surface area contributed by atoms with Crippen LogP contribution in [0.4, 0.5) is 21.5 Å². The fourth-order valence-electron chi connectivity index (χ4n) is 5.76. The summed E-state index contributed by atoms with van der Waals surface area (Å²) in [4.78, 5) is 46.9. The summed E-state index contributed by atoms with van der Waals surface area (Å²) in [6, 6.07) is 17.1. The van der Waals surface area contributed by atoms with Crippen molar-refractivity contribution in [2.75, 3.05) is 68.1 Å². The number of thiocarbonyl (C=S) groups is 1. The molecule has 47 heavy (non-hydrogen) atoms. The van der Waals surface area contributed by atoms with Crippen LogP contribution in [0.3, 0.4) is 0 Å². The van der Waals surface area contributed by atoms with Crippen LogP contribution in [0.2, 0.25) is 5.02 Å². The highest BCUT2D eigenvalue weighted by atomic mass is 35.5. The number of hydrogen-bond donors (Lipinski definition) is 1. The lowest BCUT2D eigenvalue weighted by molar-refractivity contribution is -0.124. The zero-order valence-electron chi connectivity index (χ0n) is 26.3. The molecule has 3 aromatic carbocycles. The quantitative estimate of drug-likeness (QED) is 0.204. The number of piperazine rings is 1. The molecule has 10 nitrogen and oxygen atoms in total. The van der Waals surface area contributed by atoms with Crippen LogP contribution in [0, 0.1) is 5.82 Å². The van der Waals surface area contributed by atoms with Crippen LogP contribution in [0.15, 0.2) is 66.7 Å². The molecule has 1 N–H and O–H groups in total. The third-order valence-corrected chi connectivity index (χ3v) is 8.92. The fraction of sp³-hybridized carbons (Fsp3) is 0.353. The molecule has 0 bridgehead atoms. The van der Waals surface area contributed by atoms with Crippen LogP contribution in [-0.2, 0) is 14.3 Å². The molecule has 0 saturated carbocycles. The van der Waals surface area contributed by atoms with Crippen LogP contribution < -0.4 is 19.9 Å². The highest BCUT2D eigenvalue weighted by Gasteiger charge is 2.44. The Morgan fingerprint density at radius 3 is 2.30 bits per heavy atom. The van der Waals surface area contributed by atoms with Gasteiger partial charge in [-0.3, -0.25) is 19.4 Å². The molecule has 248 valence electrons. The van der Waals surface area contributed by atoms with Crippen LogP contribution in [-0.4, -0.2) is 91.7 Å². The second-order valence-electron chi connectivity index (χ2n) is 11.2. The average Bonchev–Trinajstić information content (AvgIpc) is 3.29. The number of hydrogen-bond acceptors (Lipinski definition) is 8. The van der Waals surface area contributed by atoms with E-state index in [1.165, 1.54) is 24.1 Å². The van der Waals surface area contributed by atoms with Crippen molar-refractivity contribution >= 4 is 63.8 Å². The summed E-state index contributed by atoms with van der Waals surface area (Å²) in [5.41, 5.74) is 2.35. The first-order chi connectivity index (χ1) is 22.7. The SMILES string of the molecule is CCOC(=O)c1ccc(NC(=O)C[C@H]2C(=O)N(c3ccc(OC)c(Cl)c3)C(=S)N2CCCN2CCN(c3ccc(F)cc3)CC2)cc1. The van der Waals surface area contributed by atoms with E-state index in [0.717, 1.165) is 38.4 Å². The molecule has 2 aliphatic rings. The Morgan fingerprint density at radius 1 is 0.979 bits per heavy atom. The van der Waals surface area contributed by atoms with Crippen LogP contribution >= 0.6 is 23.8 Å². The maximum absolute atomic E-state index is 13.9. The van der Waals surface area contributed by atoms with Crippen molar-refractivity contribution in [3.8, 4) is 5.75 Å². The Balaban J connectivity index is 1.24. The molecule has 2 fully saturated rings. The van der Waals surface area contributed by atoms with E-state index in [0.29, 0.717) is 45.8 Å². The van der Waals surface area contributed by atoms with Crippen molar-refractivity contribution in [2.24, 2.45) is 0 Å². The standard InChI is InChI=1S/C34H37ClFN5O5S/c1-3-46-33(44)23-5-9-25(10-6-23)37-31(42)22-29-32(43)41(27-13-14-30(45-2)28(35)21-27)34(47)40(29)16-4-15-38-17-19-39(20-18-38)26-11-7-24(36)8-12-26/h5-14,21,29H,3-4,15-20,22H2,1-2H3,(H,37,42)/t29-/m0/s1. The van der Waals surface area contributed by atoms with E-state index < -0.39 is 12.0 Å². The van der Waals surface area contributed by atoms with Gasteiger partial charge >= 0.3 is 5.97 Å². The van der Waals surface area contributed by atoms with E-state index in [4.69, 9.17) is 33.3 Å². The van der Waals surface area contributed by atoms with Gasteiger partial charge in [-0.05, 0) is 98.8 Å². The van der Waals surface area contributed by atoms with Gasteiger partial charge in [-0.1, -0.05) is 11.6 Å². The first-order valence-corrected chi connectivity index (χ1v) is 16.2. The van der Waals surface area contributed by atoms with Crippen molar-refractivity contribution in [3.63, 3.8) is 0 Å². The van der Waals surface area contributed by atoms with Crippen molar-refractivity contribution in [1.82, 2.24) is 9.80 Å². The average molecular weight is 682 g/mol. The number of carbonyl (C=O) groups excluding carboxylic acids is 3. The van der Waals surface area contributed by atoms with Crippen molar-refractivity contribution < 1.29 is 28.2 Å². The first kappa shape index (κ1) is 34.1. The van der Waals surface area contributed by atoms with E-state index in [1.807, 2.05) is 4.90 Å². The summed E-state index contributed by atoms with van der Waals surface area (Å²) in [6.45, 7) is 6.58. The number of ether oxygens (including phenoxy) is 2. The summed E-state index contributed by atoms with van der Waals surface area (Å²) in [7, 11) is 1.51. The highest BCUT2D eigenvalue weighted by Crippen LogP contribution is 2.33. The Kier molecular flexibility index (Phi) is 11.3. The zero-order chi connectivity index (χ0) is 33.5. The van der Waals surface area contributed by atoms with Crippen molar-refractivity contribution in [1.29, 1.82) is 0 Å². The molecule has 2 saturated heterocycles. The number of halogens is 2. The lowest BCUT2D eigenvalue weighted by atomic mass is 10.1. The molecular weight excluding hydrogens is 645 g/mol. The molecule has 3 aromatic rings. The normalized spacial score (nSPS) is 16.9. The number of amides is 2. The molecule has 0 spiro atoms. The van der Waals surface area contributed by atoms with Gasteiger partial charge in [-0.25, -0.2) is 9.18 Å². The van der Waals surface area contributed by atoms with Gasteiger partial charge in [0.05, 0.1) is 36.4 Å². The molecule has 2 aliphatic heterocycles. The molecule has 0 aromatic heterocycles. The lowest BCUT2D eigenvalue weighted by Gasteiger charge is -2.36. The van der Waals surface area contributed by atoms with E-state index >= 15 is 0 Å². The third kappa shape index (κ3) is 8.19. The van der Waals surface area contributed by atoms with Gasteiger partial charge in [0.15, 0.2) is 5.11 Å². The molecule has 2 heterocycles. The first-order valence-electron chi connectivity index (χ1n) is 15.5. The molecule has 0 radical (unpaired) electrons. The summed E-state index contributed by atoms with van der Waals surface area (Å²) < 4.78 is 23.6. The molecule has 5 rings (SSSR count). The third-order valence-electron chi connectivity index (χ3n) is 8.21. The number of nitrogens with zero attached hydrogens (tertiary/aromatic N) is 4. The number of rotatable bonds is 12. The maximum Gasteiger partial charge on any atom is 0.338 e. The van der Waals surface area contributed by atoms with E-state index in [-0.39, 0.29) is 30.7 Å². The second kappa shape index (κ2) is 15.6. The molecular formula is C34H37ClFN5O5S. The number of carbonyl (C=O) groups is 3. The van der Waals surface area contributed by atoms with Gasteiger partial charge in [0.25, 0.3) is 5.91 Å². The largest absolute Gasteiger partial charge is 0.495 e. The minimum absolute atomic E-state index is 0.130. The number of benzene rings is 3. The Labute approximate surface area is 284 Å². The number of methoxy groups -OCH3 is 1. The molecule has 0 unspecified atom stereocenters. The zero-order valence-corrected chi connectivity index (χ0v) is 27.9. The van der Waals surface area contributed by atoms with E-state index in [9.17, 15) is 18.8 Å². The maximum atomic E-state index is 13.9. The van der Waals surface area contributed by atoms with Gasteiger partial charge in [-0.15, -0.1) is 0 Å². The van der Waals surface area contributed by atoms with E-state index in [1.54, 1.807) is 61.5 Å². The summed E-state index contributed by atoms with van der Waals surface area (Å²) >= 11 is 12.2. The van der Waals surface area contributed by atoms with Gasteiger partial charge in [-0.2, -0.15) is 0 Å². The van der Waals surface area contributed by atoms with Gasteiger partial charge in [0.2, 0.25) is 5.91 Å². The summed E-state index contributed by atoms with van der Waals surface area (Å²) in [5, 5.41) is 3.46. The lowest BCUT2D eigenvalue weighted by Crippen LogP contribution is -2.47. The van der Waals surface area contributed by atoms with E-state index in [2.05, 4.69) is 15.1 Å². The number of nitrogens with one attached hydrogen (secondary N) is 1. The van der Waals surface area contributed by atoms with Crippen LogP contribution in [0.5, 0.6) is 5.75 Å². The Hall–Kier alpha value is -4.26. The molecule has 2 amide bonds. The van der Waals surface area contributed by atoms with Gasteiger partial charge in [0.1, 0.15) is 17.6 Å². The molecule has 13 heteroatoms. The van der Waals surface area contributed by atoms with Crippen molar-refractivity contribution in [2.45, 2.75) is 25.8 Å².